The summed E-state index contributed by atoms with van der Waals surface area (Å²) < 4.78 is 0.308. The first-order valence-electron chi connectivity index (χ1n) is 10.3. The van der Waals surface area contributed by atoms with Gasteiger partial charge in [0.1, 0.15) is 0 Å². The first kappa shape index (κ1) is 19.9. The molecular weight excluding hydrogens is 469 g/mol. The number of carbonyl (C=O) groups is 1. The first-order chi connectivity index (χ1) is 13.7. The zero-order valence-electron chi connectivity index (χ0n) is 16.4. The van der Waals surface area contributed by atoms with Gasteiger partial charge in [0.15, 0.2) is 0 Å². The molecule has 6 rings (SSSR count). The number of alkyl halides is 1. The molecule has 4 aliphatic carbocycles. The van der Waals surface area contributed by atoms with Crippen LogP contribution in [0.4, 0.5) is 5.69 Å². The maximum atomic E-state index is 12.8. The third kappa shape index (κ3) is 3.64. The lowest BCUT2D eigenvalue weighted by Gasteiger charge is -2.60. The van der Waals surface area contributed by atoms with Gasteiger partial charge in [-0.1, -0.05) is 51.3 Å². The number of halogens is 3. The minimum absolute atomic E-state index is 0.183. The van der Waals surface area contributed by atoms with Gasteiger partial charge in [0.2, 0.25) is 0 Å². The van der Waals surface area contributed by atoms with Gasteiger partial charge in [-0.3, -0.25) is 4.79 Å². The van der Waals surface area contributed by atoms with Crippen molar-refractivity contribution in [1.29, 1.82) is 0 Å². The van der Waals surface area contributed by atoms with Crippen LogP contribution in [0.25, 0.3) is 0 Å². The van der Waals surface area contributed by atoms with Crippen LogP contribution >= 0.6 is 39.1 Å². The number of anilines is 1. The number of carbonyl (C=O) groups excluding carboxylic acids is 1. The number of benzene rings is 2. The second kappa shape index (κ2) is 7.00. The summed E-state index contributed by atoms with van der Waals surface area (Å²) in [6.07, 6.45) is 7.77. The summed E-state index contributed by atoms with van der Waals surface area (Å²) in [5.41, 5.74) is 4.03. The average Bonchev–Trinajstić information content (AvgIpc) is 2.60. The number of aryl methyl sites for hydroxylation is 1. The minimum atomic E-state index is -0.183. The number of hydrogen-bond donors (Lipinski definition) is 1. The fourth-order valence-electron chi connectivity index (χ4n) is 6.45. The van der Waals surface area contributed by atoms with Gasteiger partial charge >= 0.3 is 0 Å². The van der Waals surface area contributed by atoms with E-state index in [-0.39, 0.29) is 11.3 Å². The molecule has 0 heterocycles. The van der Waals surface area contributed by atoms with Crippen molar-refractivity contribution in [3.8, 4) is 0 Å². The molecule has 1 N–H and O–H groups in total. The molecule has 2 aromatic carbocycles. The maximum Gasteiger partial charge on any atom is 0.255 e. The van der Waals surface area contributed by atoms with Crippen molar-refractivity contribution >= 4 is 50.7 Å². The molecule has 4 saturated carbocycles. The Balaban J connectivity index is 1.46. The molecule has 5 heteroatoms. The Morgan fingerprint density at radius 3 is 2.31 bits per heavy atom. The summed E-state index contributed by atoms with van der Waals surface area (Å²) in [7, 11) is 0. The van der Waals surface area contributed by atoms with E-state index in [1.807, 2.05) is 6.92 Å². The van der Waals surface area contributed by atoms with E-state index in [0.717, 1.165) is 23.1 Å². The van der Waals surface area contributed by atoms with E-state index in [9.17, 15) is 4.79 Å². The van der Waals surface area contributed by atoms with Gasteiger partial charge in [-0.2, -0.15) is 0 Å². The predicted octanol–water partition coefficient (Wildman–Crippen LogP) is 7.54. The summed E-state index contributed by atoms with van der Waals surface area (Å²) in [6.45, 7) is 2.04. The lowest BCUT2D eigenvalue weighted by molar-refractivity contribution is 0.0150. The molecule has 2 aromatic rings. The second-order valence-electron chi connectivity index (χ2n) is 9.53. The van der Waals surface area contributed by atoms with Crippen LogP contribution in [0, 0.1) is 18.8 Å². The average molecular weight is 493 g/mol. The molecule has 0 unspecified atom stereocenters. The summed E-state index contributed by atoms with van der Waals surface area (Å²) in [4.78, 5) is 12.8. The van der Waals surface area contributed by atoms with Crippen LogP contribution in [0.15, 0.2) is 36.4 Å². The molecule has 29 heavy (non-hydrogen) atoms. The van der Waals surface area contributed by atoms with E-state index < -0.39 is 0 Å². The Kier molecular flexibility index (Phi) is 4.81. The fraction of sp³-hybridized carbons (Fsp3) is 0.458. The molecule has 4 aliphatic rings. The highest BCUT2D eigenvalue weighted by Crippen LogP contribution is 2.65. The van der Waals surface area contributed by atoms with Crippen LogP contribution in [-0.4, -0.2) is 10.2 Å². The molecule has 4 fully saturated rings. The maximum absolute atomic E-state index is 12.8. The largest absolute Gasteiger partial charge is 0.322 e. The lowest BCUT2D eigenvalue weighted by Crippen LogP contribution is -2.54. The van der Waals surface area contributed by atoms with Crippen molar-refractivity contribution < 1.29 is 4.79 Å². The fourth-order valence-corrected chi connectivity index (χ4v) is 8.43. The number of amides is 1. The highest BCUT2D eigenvalue weighted by atomic mass is 79.9. The third-order valence-corrected chi connectivity index (χ3v) is 8.58. The summed E-state index contributed by atoms with van der Waals surface area (Å²) in [6, 6.07) is 11.6. The summed E-state index contributed by atoms with van der Waals surface area (Å²) in [5.74, 6) is 1.46. The van der Waals surface area contributed by atoms with Crippen molar-refractivity contribution in [2.45, 2.75) is 55.2 Å². The van der Waals surface area contributed by atoms with E-state index in [1.54, 1.807) is 18.2 Å². The normalized spacial score (nSPS) is 32.4. The van der Waals surface area contributed by atoms with Crippen LogP contribution in [0.3, 0.4) is 0 Å². The number of hydrogen-bond acceptors (Lipinski definition) is 1. The third-order valence-electron chi connectivity index (χ3n) is 7.21. The van der Waals surface area contributed by atoms with Gasteiger partial charge in [-0.15, -0.1) is 0 Å². The first-order valence-corrected chi connectivity index (χ1v) is 11.9. The van der Waals surface area contributed by atoms with Crippen LogP contribution in [-0.2, 0) is 5.41 Å². The Morgan fingerprint density at radius 2 is 1.69 bits per heavy atom. The topological polar surface area (TPSA) is 29.1 Å². The minimum Gasteiger partial charge on any atom is -0.322 e. The van der Waals surface area contributed by atoms with E-state index in [1.165, 1.54) is 44.1 Å². The molecule has 0 radical (unpaired) electrons. The standard InChI is InChI=1S/C24H24BrCl2NO/c1-14-2-3-18(23-9-15-4-16(10-23)12-24(25,11-15)13-23)7-21(14)28-22(29)17-5-19(26)8-20(27)6-17/h2-3,5-8,15-16H,4,9-13H2,1H3,(H,28,29)/t15-,16-,23?,24?/m0/s1. The zero-order valence-corrected chi connectivity index (χ0v) is 19.5. The van der Waals surface area contributed by atoms with Gasteiger partial charge in [0.05, 0.1) is 0 Å². The van der Waals surface area contributed by atoms with E-state index in [0.29, 0.717) is 19.9 Å². The molecule has 0 spiro atoms. The van der Waals surface area contributed by atoms with Crippen molar-refractivity contribution in [3.05, 3.63) is 63.1 Å². The zero-order chi connectivity index (χ0) is 20.4. The summed E-state index contributed by atoms with van der Waals surface area (Å²) in [5, 5.41) is 4.02. The van der Waals surface area contributed by atoms with Crippen molar-refractivity contribution in [3.63, 3.8) is 0 Å². The Morgan fingerprint density at radius 1 is 1.03 bits per heavy atom. The molecule has 2 atom stereocenters. The Labute approximate surface area is 190 Å². The van der Waals surface area contributed by atoms with Gasteiger partial charge in [-0.05, 0) is 98.1 Å². The van der Waals surface area contributed by atoms with Crippen LogP contribution < -0.4 is 5.32 Å². The second-order valence-corrected chi connectivity index (χ2v) is 12.1. The molecule has 4 bridgehead atoms. The molecule has 152 valence electrons. The Hall–Kier alpha value is -1.03. The van der Waals surface area contributed by atoms with Crippen molar-refractivity contribution in [2.75, 3.05) is 5.32 Å². The SMILES string of the molecule is Cc1ccc(C23C[C@@H]4C[C@H](CC(Br)(C4)C2)C3)cc1NC(=O)c1cc(Cl)cc(Cl)c1. The highest BCUT2D eigenvalue weighted by Gasteiger charge is 2.57. The lowest BCUT2D eigenvalue weighted by atomic mass is 9.48. The van der Waals surface area contributed by atoms with Gasteiger partial charge in [0.25, 0.3) is 5.91 Å². The molecule has 0 aliphatic heterocycles. The molecule has 2 nitrogen and oxygen atoms in total. The van der Waals surface area contributed by atoms with E-state index in [2.05, 4.69) is 39.4 Å². The highest BCUT2D eigenvalue weighted by molar-refractivity contribution is 9.10. The van der Waals surface area contributed by atoms with Crippen LogP contribution in [0.1, 0.15) is 60.0 Å². The van der Waals surface area contributed by atoms with Crippen molar-refractivity contribution in [1.82, 2.24) is 0 Å². The Bertz CT molecular complexity index is 970. The van der Waals surface area contributed by atoms with Gasteiger partial charge in [-0.25, -0.2) is 0 Å². The smallest absolute Gasteiger partial charge is 0.255 e. The monoisotopic (exact) mass is 491 g/mol. The molecular formula is C24H24BrCl2NO. The predicted molar refractivity (Wildman–Crippen MR) is 124 cm³/mol. The van der Waals surface area contributed by atoms with Gasteiger partial charge in [0, 0.05) is 25.6 Å². The molecule has 0 aromatic heterocycles. The van der Waals surface area contributed by atoms with E-state index >= 15 is 0 Å². The van der Waals surface area contributed by atoms with E-state index in [4.69, 9.17) is 23.2 Å². The number of rotatable bonds is 3. The summed E-state index contributed by atoms with van der Waals surface area (Å²) >= 11 is 16.3. The van der Waals surface area contributed by atoms with Crippen molar-refractivity contribution in [2.24, 2.45) is 11.8 Å². The van der Waals surface area contributed by atoms with Crippen LogP contribution in [0.5, 0.6) is 0 Å². The van der Waals surface area contributed by atoms with Crippen LogP contribution in [0.2, 0.25) is 10.0 Å². The molecule has 1 amide bonds. The number of nitrogens with one attached hydrogen (secondary N) is 1. The quantitative estimate of drug-likeness (QED) is 0.440. The van der Waals surface area contributed by atoms with Gasteiger partial charge < -0.3 is 5.32 Å². The molecule has 0 saturated heterocycles.